The van der Waals surface area contributed by atoms with Crippen molar-refractivity contribution < 1.29 is 4.52 Å². The van der Waals surface area contributed by atoms with Gasteiger partial charge >= 0.3 is 0 Å². The standard InChI is InChI=1S/C15H15N3OS/c1-2-15-16-12(10-20-15)9-14-17-13(18-19-14)8-11-6-4-3-5-7-11/h3-7,10H,2,8-9H2,1H3. The highest BCUT2D eigenvalue weighted by Gasteiger charge is 2.10. The van der Waals surface area contributed by atoms with Crippen molar-refractivity contribution in [3.63, 3.8) is 0 Å². The van der Waals surface area contributed by atoms with E-state index in [1.54, 1.807) is 11.3 Å². The second-order valence-corrected chi connectivity index (χ2v) is 5.47. The van der Waals surface area contributed by atoms with Crippen molar-refractivity contribution in [3.05, 3.63) is 63.7 Å². The molecule has 3 rings (SSSR count). The minimum absolute atomic E-state index is 0.609. The topological polar surface area (TPSA) is 51.8 Å². The van der Waals surface area contributed by atoms with E-state index in [1.807, 2.05) is 18.2 Å². The van der Waals surface area contributed by atoms with Crippen LogP contribution in [0.2, 0.25) is 0 Å². The summed E-state index contributed by atoms with van der Waals surface area (Å²) in [5.41, 5.74) is 2.18. The predicted molar refractivity (Wildman–Crippen MR) is 77.8 cm³/mol. The van der Waals surface area contributed by atoms with E-state index in [2.05, 4.69) is 39.6 Å². The number of nitrogens with zero attached hydrogens (tertiary/aromatic N) is 3. The van der Waals surface area contributed by atoms with Gasteiger partial charge in [0, 0.05) is 11.8 Å². The first-order valence-corrected chi connectivity index (χ1v) is 7.50. The van der Waals surface area contributed by atoms with Gasteiger partial charge in [-0.15, -0.1) is 11.3 Å². The Morgan fingerprint density at radius 3 is 2.70 bits per heavy atom. The first-order chi connectivity index (χ1) is 9.83. The number of rotatable bonds is 5. The average molecular weight is 285 g/mol. The third-order valence-electron chi connectivity index (χ3n) is 2.95. The summed E-state index contributed by atoms with van der Waals surface area (Å²) >= 11 is 1.68. The lowest BCUT2D eigenvalue weighted by atomic mass is 10.1. The highest BCUT2D eigenvalue weighted by Crippen LogP contribution is 2.14. The van der Waals surface area contributed by atoms with Gasteiger partial charge in [0.2, 0.25) is 5.89 Å². The van der Waals surface area contributed by atoms with E-state index in [-0.39, 0.29) is 0 Å². The molecule has 4 nitrogen and oxygen atoms in total. The Kier molecular flexibility index (Phi) is 3.87. The summed E-state index contributed by atoms with van der Waals surface area (Å²) in [6.07, 6.45) is 2.27. The Morgan fingerprint density at radius 2 is 1.95 bits per heavy atom. The molecule has 0 amide bonds. The van der Waals surface area contributed by atoms with Crippen LogP contribution in [0.5, 0.6) is 0 Å². The fraction of sp³-hybridized carbons (Fsp3) is 0.267. The maximum Gasteiger partial charge on any atom is 0.232 e. The summed E-state index contributed by atoms with van der Waals surface area (Å²) in [7, 11) is 0. The fourth-order valence-electron chi connectivity index (χ4n) is 1.96. The molecule has 0 aliphatic heterocycles. The highest BCUT2D eigenvalue weighted by atomic mass is 32.1. The predicted octanol–water partition coefficient (Wildman–Crippen LogP) is 3.27. The number of thiazole rings is 1. The molecule has 3 aromatic rings. The van der Waals surface area contributed by atoms with Gasteiger partial charge in [-0.3, -0.25) is 0 Å². The smallest absolute Gasteiger partial charge is 0.232 e. The van der Waals surface area contributed by atoms with Crippen LogP contribution in [0.3, 0.4) is 0 Å². The normalized spacial score (nSPS) is 10.8. The number of benzene rings is 1. The molecule has 0 N–H and O–H groups in total. The molecule has 0 unspecified atom stereocenters. The second-order valence-electron chi connectivity index (χ2n) is 4.53. The van der Waals surface area contributed by atoms with E-state index in [1.165, 1.54) is 5.56 Å². The van der Waals surface area contributed by atoms with Crippen LogP contribution in [0, 0.1) is 0 Å². The fourth-order valence-corrected chi connectivity index (χ4v) is 2.70. The largest absolute Gasteiger partial charge is 0.339 e. The summed E-state index contributed by atoms with van der Waals surface area (Å²) < 4.78 is 5.29. The van der Waals surface area contributed by atoms with Crippen LogP contribution in [0.1, 0.15) is 34.9 Å². The number of aromatic nitrogens is 3. The summed E-state index contributed by atoms with van der Waals surface area (Å²) in [6, 6.07) is 10.1. The lowest BCUT2D eigenvalue weighted by Crippen LogP contribution is -1.92. The molecule has 0 atom stereocenters. The van der Waals surface area contributed by atoms with E-state index in [0.29, 0.717) is 18.7 Å². The highest BCUT2D eigenvalue weighted by molar-refractivity contribution is 7.09. The summed E-state index contributed by atoms with van der Waals surface area (Å²) in [4.78, 5) is 8.93. The third-order valence-corrected chi connectivity index (χ3v) is 3.99. The molecule has 1 aromatic carbocycles. The molecule has 102 valence electrons. The van der Waals surface area contributed by atoms with Crippen molar-refractivity contribution in [2.75, 3.05) is 0 Å². The van der Waals surface area contributed by atoms with Gasteiger partial charge in [0.05, 0.1) is 17.1 Å². The molecule has 2 aromatic heterocycles. The first-order valence-electron chi connectivity index (χ1n) is 6.62. The molecule has 0 radical (unpaired) electrons. The molecular weight excluding hydrogens is 270 g/mol. The lowest BCUT2D eigenvalue weighted by Gasteiger charge is -1.94. The molecular formula is C15H15N3OS. The molecule has 0 saturated carbocycles. The molecule has 20 heavy (non-hydrogen) atoms. The van der Waals surface area contributed by atoms with Crippen LogP contribution in [0.15, 0.2) is 40.2 Å². The third kappa shape index (κ3) is 3.11. The van der Waals surface area contributed by atoms with E-state index in [4.69, 9.17) is 4.52 Å². The summed E-state index contributed by atoms with van der Waals surface area (Å²) in [5.74, 6) is 1.35. The number of hydrogen-bond donors (Lipinski definition) is 0. The van der Waals surface area contributed by atoms with Crippen LogP contribution in [-0.2, 0) is 19.3 Å². The Morgan fingerprint density at radius 1 is 1.10 bits per heavy atom. The van der Waals surface area contributed by atoms with Crippen molar-refractivity contribution in [2.24, 2.45) is 0 Å². The van der Waals surface area contributed by atoms with E-state index in [0.717, 1.165) is 22.9 Å². The van der Waals surface area contributed by atoms with Crippen LogP contribution in [-0.4, -0.2) is 15.1 Å². The first kappa shape index (κ1) is 13.0. The van der Waals surface area contributed by atoms with Crippen molar-refractivity contribution >= 4 is 11.3 Å². The Labute approximate surface area is 121 Å². The Hall–Kier alpha value is -2.01. The van der Waals surface area contributed by atoms with Crippen LogP contribution >= 0.6 is 11.3 Å². The maximum atomic E-state index is 5.29. The van der Waals surface area contributed by atoms with E-state index < -0.39 is 0 Å². The van der Waals surface area contributed by atoms with Crippen molar-refractivity contribution in [1.29, 1.82) is 0 Å². The van der Waals surface area contributed by atoms with Gasteiger partial charge < -0.3 is 4.52 Å². The molecule has 0 fully saturated rings. The van der Waals surface area contributed by atoms with Gasteiger partial charge in [-0.25, -0.2) is 4.98 Å². The zero-order chi connectivity index (χ0) is 13.8. The average Bonchev–Trinajstić information content (AvgIpc) is 3.10. The van der Waals surface area contributed by atoms with Gasteiger partial charge in [0.1, 0.15) is 0 Å². The molecule has 0 aliphatic carbocycles. The van der Waals surface area contributed by atoms with E-state index in [9.17, 15) is 0 Å². The zero-order valence-electron chi connectivity index (χ0n) is 11.2. The summed E-state index contributed by atoms with van der Waals surface area (Å²) in [5, 5.41) is 7.22. The molecule has 5 heteroatoms. The Bertz CT molecular complexity index is 675. The van der Waals surface area contributed by atoms with E-state index >= 15 is 0 Å². The van der Waals surface area contributed by atoms with Crippen LogP contribution in [0.25, 0.3) is 0 Å². The second kappa shape index (κ2) is 5.96. The van der Waals surface area contributed by atoms with Crippen molar-refractivity contribution in [1.82, 2.24) is 15.1 Å². The minimum Gasteiger partial charge on any atom is -0.339 e. The zero-order valence-corrected chi connectivity index (χ0v) is 12.1. The number of aryl methyl sites for hydroxylation is 1. The SMILES string of the molecule is CCc1nc(Cc2nc(Cc3ccccc3)no2)cs1. The van der Waals surface area contributed by atoms with Gasteiger partial charge in [-0.2, -0.15) is 4.98 Å². The Balaban J connectivity index is 1.67. The van der Waals surface area contributed by atoms with Crippen molar-refractivity contribution in [3.8, 4) is 0 Å². The van der Waals surface area contributed by atoms with Gasteiger partial charge in [-0.1, -0.05) is 42.4 Å². The lowest BCUT2D eigenvalue weighted by molar-refractivity contribution is 0.379. The van der Waals surface area contributed by atoms with Gasteiger partial charge in [0.25, 0.3) is 0 Å². The molecule has 0 bridgehead atoms. The molecule has 0 spiro atoms. The number of hydrogen-bond acceptors (Lipinski definition) is 5. The minimum atomic E-state index is 0.609. The van der Waals surface area contributed by atoms with Crippen LogP contribution < -0.4 is 0 Å². The monoisotopic (exact) mass is 285 g/mol. The quantitative estimate of drug-likeness (QED) is 0.722. The van der Waals surface area contributed by atoms with Crippen LogP contribution in [0.4, 0.5) is 0 Å². The van der Waals surface area contributed by atoms with Crippen molar-refractivity contribution in [2.45, 2.75) is 26.2 Å². The summed E-state index contributed by atoms with van der Waals surface area (Å²) in [6.45, 7) is 2.10. The van der Waals surface area contributed by atoms with Gasteiger partial charge in [0.15, 0.2) is 5.82 Å². The van der Waals surface area contributed by atoms with Gasteiger partial charge in [-0.05, 0) is 12.0 Å². The molecule has 2 heterocycles. The molecule has 0 aliphatic rings. The molecule has 0 saturated heterocycles. The maximum absolute atomic E-state index is 5.29.